The number of hydrogen-bond acceptors (Lipinski definition) is 6. The van der Waals surface area contributed by atoms with Crippen LogP contribution in [0.25, 0.3) is 10.9 Å². The van der Waals surface area contributed by atoms with Crippen molar-refractivity contribution >= 4 is 28.7 Å². The summed E-state index contributed by atoms with van der Waals surface area (Å²) in [5, 5.41) is 6.35. The highest BCUT2D eigenvalue weighted by molar-refractivity contribution is 6.03. The number of aromatic nitrogens is 1. The van der Waals surface area contributed by atoms with Gasteiger partial charge in [-0.3, -0.25) is 5.32 Å². The van der Waals surface area contributed by atoms with E-state index in [4.69, 9.17) is 14.2 Å². The molecule has 0 radical (unpaired) electrons. The first-order valence-corrected chi connectivity index (χ1v) is 9.04. The summed E-state index contributed by atoms with van der Waals surface area (Å²) >= 11 is 0. The van der Waals surface area contributed by atoms with Crippen LogP contribution in [0.1, 0.15) is 42.5 Å². The molecule has 27 heavy (non-hydrogen) atoms. The van der Waals surface area contributed by atoms with Crippen molar-refractivity contribution in [2.75, 3.05) is 19.2 Å². The summed E-state index contributed by atoms with van der Waals surface area (Å²) in [6, 6.07) is 4.88. The number of esters is 1. The molecule has 142 valence electrons. The maximum absolute atomic E-state index is 12.4. The van der Waals surface area contributed by atoms with Crippen LogP contribution in [0.4, 0.5) is 10.6 Å². The highest BCUT2D eigenvalue weighted by atomic mass is 16.7. The quantitative estimate of drug-likeness (QED) is 0.804. The van der Waals surface area contributed by atoms with Gasteiger partial charge in [0.1, 0.15) is 11.4 Å². The average molecular weight is 371 g/mol. The molecule has 8 nitrogen and oxygen atoms in total. The van der Waals surface area contributed by atoms with E-state index in [2.05, 4.69) is 15.6 Å². The third-order valence-corrected chi connectivity index (χ3v) is 4.89. The SMILES string of the molecule is COC(=O)c1cc2cc3c(cc2nc1NC(=O)NC1CCCCC1)OCO3. The van der Waals surface area contributed by atoms with E-state index < -0.39 is 5.97 Å². The zero-order valence-corrected chi connectivity index (χ0v) is 15.0. The van der Waals surface area contributed by atoms with Crippen molar-refractivity contribution in [1.29, 1.82) is 0 Å². The molecule has 0 saturated heterocycles. The monoisotopic (exact) mass is 371 g/mol. The zero-order chi connectivity index (χ0) is 18.8. The van der Waals surface area contributed by atoms with E-state index >= 15 is 0 Å². The predicted octanol–water partition coefficient (Wildman–Crippen LogP) is 3.20. The Kier molecular flexibility index (Phi) is 4.70. The van der Waals surface area contributed by atoms with Crippen LogP contribution in [-0.4, -0.2) is 36.9 Å². The minimum absolute atomic E-state index is 0.143. The molecule has 2 amide bonds. The lowest BCUT2D eigenvalue weighted by atomic mass is 9.96. The van der Waals surface area contributed by atoms with Gasteiger partial charge in [-0.05, 0) is 25.0 Å². The molecule has 0 bridgehead atoms. The van der Waals surface area contributed by atoms with Gasteiger partial charge in [0.05, 0.1) is 12.6 Å². The second kappa shape index (κ2) is 7.30. The minimum atomic E-state index is -0.574. The normalized spacial score (nSPS) is 16.2. The summed E-state index contributed by atoms with van der Waals surface area (Å²) in [5.74, 6) is 0.755. The molecule has 2 N–H and O–H groups in total. The standard InChI is InChI=1S/C19H21N3O5/c1-25-18(23)13-7-11-8-15-16(27-10-26-15)9-14(11)21-17(13)22-19(24)20-12-5-3-2-4-6-12/h7-9,12H,2-6,10H2,1H3,(H2,20,21,22,24). The first-order chi connectivity index (χ1) is 13.1. The lowest BCUT2D eigenvalue weighted by Gasteiger charge is -2.23. The maximum atomic E-state index is 12.4. The summed E-state index contributed by atoms with van der Waals surface area (Å²) in [6.45, 7) is 0.143. The summed E-state index contributed by atoms with van der Waals surface area (Å²) in [6.07, 6.45) is 5.35. The van der Waals surface area contributed by atoms with Gasteiger partial charge < -0.3 is 19.5 Å². The zero-order valence-electron chi connectivity index (χ0n) is 15.0. The highest BCUT2D eigenvalue weighted by Crippen LogP contribution is 2.36. The summed E-state index contributed by atoms with van der Waals surface area (Å²) in [4.78, 5) is 29.0. The fourth-order valence-electron chi connectivity index (χ4n) is 3.50. The molecule has 2 aromatic rings. The van der Waals surface area contributed by atoms with Gasteiger partial charge >= 0.3 is 12.0 Å². The second-order valence-electron chi connectivity index (χ2n) is 6.71. The topological polar surface area (TPSA) is 98.8 Å². The Balaban J connectivity index is 1.63. The lowest BCUT2D eigenvalue weighted by molar-refractivity contribution is 0.0601. The second-order valence-corrected chi connectivity index (χ2v) is 6.71. The minimum Gasteiger partial charge on any atom is -0.465 e. The van der Waals surface area contributed by atoms with E-state index in [-0.39, 0.29) is 30.2 Å². The largest absolute Gasteiger partial charge is 0.465 e. The number of rotatable bonds is 3. The first kappa shape index (κ1) is 17.4. The van der Waals surface area contributed by atoms with Crippen LogP contribution in [0, 0.1) is 0 Å². The van der Waals surface area contributed by atoms with Gasteiger partial charge in [0.25, 0.3) is 0 Å². The Hall–Kier alpha value is -3.03. The molecule has 2 heterocycles. The van der Waals surface area contributed by atoms with Crippen LogP contribution in [0.2, 0.25) is 0 Å². The Morgan fingerprint density at radius 1 is 1.11 bits per heavy atom. The van der Waals surface area contributed by atoms with Crippen molar-refractivity contribution in [1.82, 2.24) is 10.3 Å². The van der Waals surface area contributed by atoms with Gasteiger partial charge in [-0.1, -0.05) is 19.3 Å². The van der Waals surface area contributed by atoms with Gasteiger partial charge in [-0.15, -0.1) is 0 Å². The average Bonchev–Trinajstić information content (AvgIpc) is 3.13. The number of ether oxygens (including phenoxy) is 3. The number of nitrogens with zero attached hydrogens (tertiary/aromatic N) is 1. The number of carbonyl (C=O) groups excluding carboxylic acids is 2. The fourth-order valence-corrected chi connectivity index (χ4v) is 3.50. The number of hydrogen-bond donors (Lipinski definition) is 2. The third kappa shape index (κ3) is 3.60. The Morgan fingerprint density at radius 3 is 2.59 bits per heavy atom. The van der Waals surface area contributed by atoms with Crippen molar-refractivity contribution in [2.24, 2.45) is 0 Å². The smallest absolute Gasteiger partial charge is 0.341 e. The van der Waals surface area contributed by atoms with Crippen LogP contribution in [-0.2, 0) is 4.74 Å². The highest BCUT2D eigenvalue weighted by Gasteiger charge is 2.22. The molecule has 1 saturated carbocycles. The number of fused-ring (bicyclic) bond motifs is 2. The molecule has 0 unspecified atom stereocenters. The van der Waals surface area contributed by atoms with Gasteiger partial charge in [0, 0.05) is 17.5 Å². The summed E-state index contributed by atoms with van der Waals surface area (Å²) in [7, 11) is 1.29. The van der Waals surface area contributed by atoms with Crippen LogP contribution in [0.5, 0.6) is 11.5 Å². The third-order valence-electron chi connectivity index (χ3n) is 4.89. The van der Waals surface area contributed by atoms with E-state index in [1.54, 1.807) is 18.2 Å². The molecule has 2 aliphatic rings. The van der Waals surface area contributed by atoms with Crippen molar-refractivity contribution in [3.05, 3.63) is 23.8 Å². The molecule has 4 rings (SSSR count). The number of nitrogens with one attached hydrogen (secondary N) is 2. The van der Waals surface area contributed by atoms with E-state index in [0.29, 0.717) is 22.4 Å². The van der Waals surface area contributed by atoms with Crippen LogP contribution >= 0.6 is 0 Å². The molecule has 0 spiro atoms. The number of amides is 2. The Morgan fingerprint density at radius 2 is 1.85 bits per heavy atom. The predicted molar refractivity (Wildman–Crippen MR) is 98.2 cm³/mol. The van der Waals surface area contributed by atoms with E-state index in [1.807, 2.05) is 0 Å². The summed E-state index contributed by atoms with van der Waals surface area (Å²) < 4.78 is 15.6. The molecule has 1 fully saturated rings. The maximum Gasteiger partial charge on any atom is 0.341 e. The van der Waals surface area contributed by atoms with Crippen molar-refractivity contribution in [3.63, 3.8) is 0 Å². The van der Waals surface area contributed by atoms with Crippen molar-refractivity contribution in [2.45, 2.75) is 38.1 Å². The number of pyridine rings is 1. The first-order valence-electron chi connectivity index (χ1n) is 9.04. The Labute approximate surface area is 156 Å². The van der Waals surface area contributed by atoms with E-state index in [0.717, 1.165) is 25.7 Å². The number of carbonyl (C=O) groups is 2. The van der Waals surface area contributed by atoms with Gasteiger partial charge in [-0.2, -0.15) is 0 Å². The van der Waals surface area contributed by atoms with Gasteiger partial charge in [-0.25, -0.2) is 14.6 Å². The molecule has 8 heteroatoms. The van der Waals surface area contributed by atoms with Gasteiger partial charge in [0.15, 0.2) is 11.5 Å². The molecular formula is C19H21N3O5. The lowest BCUT2D eigenvalue weighted by Crippen LogP contribution is -2.39. The van der Waals surface area contributed by atoms with Crippen LogP contribution in [0.3, 0.4) is 0 Å². The number of anilines is 1. The van der Waals surface area contributed by atoms with Crippen molar-refractivity contribution < 1.29 is 23.8 Å². The molecule has 0 atom stereocenters. The molecule has 1 aliphatic heterocycles. The molecule has 1 aromatic heterocycles. The number of urea groups is 1. The van der Waals surface area contributed by atoms with E-state index in [1.165, 1.54) is 13.5 Å². The van der Waals surface area contributed by atoms with Crippen LogP contribution < -0.4 is 20.1 Å². The number of methoxy groups -OCH3 is 1. The number of benzene rings is 1. The molecule has 1 aliphatic carbocycles. The molecule has 1 aromatic carbocycles. The van der Waals surface area contributed by atoms with Gasteiger partial charge in [0.2, 0.25) is 6.79 Å². The fraction of sp³-hybridized carbons (Fsp3) is 0.421. The van der Waals surface area contributed by atoms with Crippen LogP contribution in [0.15, 0.2) is 18.2 Å². The van der Waals surface area contributed by atoms with E-state index in [9.17, 15) is 9.59 Å². The van der Waals surface area contributed by atoms with Crippen molar-refractivity contribution in [3.8, 4) is 11.5 Å². The summed E-state index contributed by atoms with van der Waals surface area (Å²) in [5.41, 5.74) is 0.766. The molecular weight excluding hydrogens is 350 g/mol. The Bertz CT molecular complexity index is 893.